The first-order valence-corrected chi connectivity index (χ1v) is 5.08. The van der Waals surface area contributed by atoms with Gasteiger partial charge < -0.3 is 14.9 Å². The van der Waals surface area contributed by atoms with Crippen molar-refractivity contribution in [1.82, 2.24) is 15.5 Å². The number of hydrogen-bond donors (Lipinski definition) is 2. The summed E-state index contributed by atoms with van der Waals surface area (Å²) in [5, 5.41) is 15.0. The Bertz CT molecular complexity index is 394. The molecule has 0 saturated heterocycles. The molecular weight excluding hydrogens is 226 g/mol. The van der Waals surface area contributed by atoms with E-state index in [1.54, 1.807) is 20.8 Å². The number of aliphatic carboxylic acids is 1. The van der Waals surface area contributed by atoms with Crippen molar-refractivity contribution in [2.45, 2.75) is 27.3 Å². The van der Waals surface area contributed by atoms with Gasteiger partial charge in [0.05, 0.1) is 6.54 Å². The third-order valence-electron chi connectivity index (χ3n) is 2.20. The highest BCUT2D eigenvalue weighted by molar-refractivity contribution is 5.97. The van der Waals surface area contributed by atoms with Crippen LogP contribution < -0.4 is 5.32 Å². The van der Waals surface area contributed by atoms with Crippen LogP contribution in [0.25, 0.3) is 0 Å². The van der Waals surface area contributed by atoms with Gasteiger partial charge in [0.2, 0.25) is 12.3 Å². The summed E-state index contributed by atoms with van der Waals surface area (Å²) in [5.74, 6) is -2.52. The van der Waals surface area contributed by atoms with E-state index in [9.17, 15) is 9.59 Å². The van der Waals surface area contributed by atoms with Crippen molar-refractivity contribution in [2.24, 2.45) is 11.3 Å². The van der Waals surface area contributed by atoms with Crippen LogP contribution in [0.2, 0.25) is 0 Å². The van der Waals surface area contributed by atoms with Crippen molar-refractivity contribution in [3.05, 3.63) is 12.2 Å². The van der Waals surface area contributed by atoms with E-state index in [4.69, 9.17) is 5.11 Å². The second-order valence-corrected chi connectivity index (χ2v) is 4.70. The fraction of sp³-hybridized carbons (Fsp3) is 0.600. The van der Waals surface area contributed by atoms with Crippen LogP contribution in [0, 0.1) is 11.3 Å². The van der Waals surface area contributed by atoms with E-state index < -0.39 is 23.2 Å². The lowest BCUT2D eigenvalue weighted by Crippen LogP contribution is -2.42. The number of carboxylic acids is 1. The predicted molar refractivity (Wildman–Crippen MR) is 56.7 cm³/mol. The summed E-state index contributed by atoms with van der Waals surface area (Å²) in [7, 11) is 0. The van der Waals surface area contributed by atoms with Crippen LogP contribution >= 0.6 is 0 Å². The minimum Gasteiger partial charge on any atom is -0.481 e. The Balaban J connectivity index is 2.64. The highest BCUT2D eigenvalue weighted by Gasteiger charge is 2.37. The Morgan fingerprint density at radius 3 is 2.59 bits per heavy atom. The summed E-state index contributed by atoms with van der Waals surface area (Å²) in [6, 6.07) is 0. The van der Waals surface area contributed by atoms with E-state index in [1.165, 1.54) is 0 Å². The molecule has 1 heterocycles. The SMILES string of the molecule is CC(C)(C)C(C(=O)O)C(=O)NCc1ncon1. The van der Waals surface area contributed by atoms with Crippen molar-refractivity contribution in [3.8, 4) is 0 Å². The highest BCUT2D eigenvalue weighted by Crippen LogP contribution is 2.26. The van der Waals surface area contributed by atoms with Gasteiger partial charge in [-0.2, -0.15) is 4.98 Å². The van der Waals surface area contributed by atoms with Crippen molar-refractivity contribution in [3.63, 3.8) is 0 Å². The quantitative estimate of drug-likeness (QED) is 0.740. The van der Waals surface area contributed by atoms with Crippen molar-refractivity contribution in [1.29, 1.82) is 0 Å². The van der Waals surface area contributed by atoms with Crippen LogP contribution in [-0.2, 0) is 16.1 Å². The molecule has 1 aromatic heterocycles. The Labute approximate surface area is 98.2 Å². The van der Waals surface area contributed by atoms with Gasteiger partial charge in [0.1, 0.15) is 5.92 Å². The number of hydrogen-bond acceptors (Lipinski definition) is 5. The van der Waals surface area contributed by atoms with Crippen LogP contribution in [0.3, 0.4) is 0 Å². The molecule has 0 spiro atoms. The summed E-state index contributed by atoms with van der Waals surface area (Å²) in [5.41, 5.74) is -0.660. The molecule has 1 amide bonds. The van der Waals surface area contributed by atoms with Crippen molar-refractivity contribution < 1.29 is 19.2 Å². The predicted octanol–water partition coefficient (Wildman–Crippen LogP) is 0.433. The molecule has 7 heteroatoms. The molecule has 0 aliphatic carbocycles. The number of carbonyl (C=O) groups is 2. The van der Waals surface area contributed by atoms with Gasteiger partial charge in [-0.25, -0.2) is 0 Å². The molecule has 0 bridgehead atoms. The average Bonchev–Trinajstić information content (AvgIpc) is 2.63. The fourth-order valence-corrected chi connectivity index (χ4v) is 1.41. The smallest absolute Gasteiger partial charge is 0.316 e. The number of amides is 1. The Morgan fingerprint density at radius 1 is 1.53 bits per heavy atom. The van der Waals surface area contributed by atoms with Gasteiger partial charge in [0.25, 0.3) is 0 Å². The van der Waals surface area contributed by atoms with Gasteiger partial charge in [-0.3, -0.25) is 9.59 Å². The molecule has 0 saturated carbocycles. The fourth-order valence-electron chi connectivity index (χ4n) is 1.41. The summed E-state index contributed by atoms with van der Waals surface area (Å²) in [6.07, 6.45) is 1.14. The molecule has 1 unspecified atom stereocenters. The first-order valence-electron chi connectivity index (χ1n) is 5.08. The molecule has 1 aromatic rings. The first-order chi connectivity index (χ1) is 7.82. The zero-order valence-corrected chi connectivity index (χ0v) is 9.93. The molecule has 0 fully saturated rings. The Morgan fingerprint density at radius 2 is 2.18 bits per heavy atom. The zero-order chi connectivity index (χ0) is 13.1. The van der Waals surface area contributed by atoms with Crippen LogP contribution in [0.4, 0.5) is 0 Å². The maximum Gasteiger partial charge on any atom is 0.316 e. The van der Waals surface area contributed by atoms with Gasteiger partial charge in [-0.05, 0) is 5.41 Å². The largest absolute Gasteiger partial charge is 0.481 e. The Hall–Kier alpha value is -1.92. The Kier molecular flexibility index (Phi) is 3.82. The van der Waals surface area contributed by atoms with Crippen molar-refractivity contribution >= 4 is 11.9 Å². The monoisotopic (exact) mass is 241 g/mol. The van der Waals surface area contributed by atoms with E-state index in [1.807, 2.05) is 0 Å². The molecule has 1 atom stereocenters. The first kappa shape index (κ1) is 13.1. The van der Waals surface area contributed by atoms with E-state index in [0.717, 1.165) is 6.39 Å². The van der Waals surface area contributed by atoms with Crippen LogP contribution in [0.5, 0.6) is 0 Å². The van der Waals surface area contributed by atoms with E-state index >= 15 is 0 Å². The molecule has 0 aliphatic heterocycles. The van der Waals surface area contributed by atoms with Gasteiger partial charge >= 0.3 is 5.97 Å². The van der Waals surface area contributed by atoms with E-state index in [-0.39, 0.29) is 6.54 Å². The third kappa shape index (κ3) is 3.54. The van der Waals surface area contributed by atoms with Gasteiger partial charge in [0.15, 0.2) is 5.82 Å². The molecule has 0 aliphatic rings. The molecule has 1 rings (SSSR count). The lowest BCUT2D eigenvalue weighted by molar-refractivity contribution is -0.151. The minimum atomic E-state index is -1.15. The molecule has 94 valence electrons. The van der Waals surface area contributed by atoms with E-state index in [0.29, 0.717) is 5.82 Å². The van der Waals surface area contributed by atoms with Crippen LogP contribution in [0.15, 0.2) is 10.9 Å². The summed E-state index contributed by atoms with van der Waals surface area (Å²) in [6.45, 7) is 5.13. The maximum atomic E-state index is 11.7. The van der Waals surface area contributed by atoms with Gasteiger partial charge in [0, 0.05) is 0 Å². The number of aromatic nitrogens is 2. The number of carbonyl (C=O) groups excluding carboxylic acids is 1. The third-order valence-corrected chi connectivity index (χ3v) is 2.20. The lowest BCUT2D eigenvalue weighted by atomic mass is 9.80. The lowest BCUT2D eigenvalue weighted by Gasteiger charge is -2.25. The second-order valence-electron chi connectivity index (χ2n) is 4.70. The number of nitrogens with zero attached hydrogens (tertiary/aromatic N) is 2. The van der Waals surface area contributed by atoms with Crippen LogP contribution in [-0.4, -0.2) is 27.1 Å². The molecular formula is C10H15N3O4. The minimum absolute atomic E-state index is 0.0508. The number of carboxylic acid groups (broad SMARTS) is 1. The molecule has 0 aromatic carbocycles. The summed E-state index contributed by atoms with van der Waals surface area (Å²) < 4.78 is 4.49. The average molecular weight is 241 g/mol. The molecule has 17 heavy (non-hydrogen) atoms. The highest BCUT2D eigenvalue weighted by atomic mass is 16.5. The maximum absolute atomic E-state index is 11.7. The topological polar surface area (TPSA) is 105 Å². The van der Waals surface area contributed by atoms with Gasteiger partial charge in [-0.15, -0.1) is 0 Å². The number of rotatable bonds is 4. The zero-order valence-electron chi connectivity index (χ0n) is 9.93. The number of nitrogens with one attached hydrogen (secondary N) is 1. The summed E-state index contributed by atoms with van der Waals surface area (Å²) in [4.78, 5) is 26.5. The standard InChI is InChI=1S/C10H15N3O4/c1-10(2,3)7(9(15)16)8(14)11-4-6-12-5-17-13-6/h5,7H,4H2,1-3H3,(H,11,14)(H,15,16). The second kappa shape index (κ2) is 4.94. The van der Waals surface area contributed by atoms with Crippen molar-refractivity contribution in [2.75, 3.05) is 0 Å². The van der Waals surface area contributed by atoms with E-state index in [2.05, 4.69) is 20.0 Å². The molecule has 2 N–H and O–H groups in total. The van der Waals surface area contributed by atoms with Crippen LogP contribution in [0.1, 0.15) is 26.6 Å². The normalized spacial score (nSPS) is 13.1. The summed E-state index contributed by atoms with van der Waals surface area (Å²) >= 11 is 0. The molecule has 7 nitrogen and oxygen atoms in total. The molecule has 0 radical (unpaired) electrons. The van der Waals surface area contributed by atoms with Gasteiger partial charge in [-0.1, -0.05) is 25.9 Å².